The highest BCUT2D eigenvalue weighted by molar-refractivity contribution is 6.74. The maximum Gasteiger partial charge on any atom is 0.311 e. The summed E-state index contributed by atoms with van der Waals surface area (Å²) in [6, 6.07) is 0. The Kier molecular flexibility index (Phi) is 6.93. The lowest BCUT2D eigenvalue weighted by Crippen LogP contribution is -2.42. The molecule has 5 heteroatoms. The molecule has 0 aliphatic carbocycles. The lowest BCUT2D eigenvalue weighted by atomic mass is 10.0. The summed E-state index contributed by atoms with van der Waals surface area (Å²) in [7, 11) is -1.78. The van der Waals surface area contributed by atoms with Gasteiger partial charge in [-0.05, 0) is 25.1 Å². The summed E-state index contributed by atoms with van der Waals surface area (Å²) in [6.45, 7) is 15.5. The van der Waals surface area contributed by atoms with Crippen LogP contribution in [0.25, 0.3) is 0 Å². The van der Waals surface area contributed by atoms with Gasteiger partial charge in [0.05, 0.1) is 13.0 Å². The van der Waals surface area contributed by atoms with Crippen LogP contribution in [0.5, 0.6) is 0 Å². The molecule has 1 N–H and O–H groups in total. The van der Waals surface area contributed by atoms with Gasteiger partial charge in [0.15, 0.2) is 8.32 Å². The predicted octanol–water partition coefficient (Wildman–Crippen LogP) is 3.62. The minimum atomic E-state index is -1.78. The lowest BCUT2D eigenvalue weighted by Gasteiger charge is -2.37. The second kappa shape index (κ2) is 7.19. The zero-order chi connectivity index (χ0) is 15.3. The van der Waals surface area contributed by atoms with Crippen LogP contribution >= 0.6 is 0 Å². The molecule has 0 saturated carbocycles. The molecule has 0 aromatic heterocycles. The quantitative estimate of drug-likeness (QED) is 0.442. The largest absolute Gasteiger partial charge is 0.466 e. The van der Waals surface area contributed by atoms with Crippen molar-refractivity contribution in [3.05, 3.63) is 0 Å². The van der Waals surface area contributed by atoms with Crippen LogP contribution in [0.1, 0.15) is 41.0 Å². The summed E-state index contributed by atoms with van der Waals surface area (Å²) >= 11 is 0. The van der Waals surface area contributed by atoms with Crippen LogP contribution in [-0.4, -0.2) is 33.2 Å². The van der Waals surface area contributed by atoms with Gasteiger partial charge in [0, 0.05) is 18.2 Å². The molecule has 0 fully saturated rings. The third kappa shape index (κ3) is 6.34. The third-order valence-corrected chi connectivity index (χ3v) is 8.24. The highest BCUT2D eigenvalue weighted by Crippen LogP contribution is 2.36. The number of ether oxygens (including phenoxy) is 1. The molecule has 0 amide bonds. The molecular weight excluding hydrogens is 258 g/mol. The normalized spacial score (nSPS) is 14.1. The molecule has 0 aromatic carbocycles. The van der Waals surface area contributed by atoms with E-state index >= 15 is 0 Å². The summed E-state index contributed by atoms with van der Waals surface area (Å²) in [5, 5.41) is 8.06. The molecule has 1 atom stereocenters. The fourth-order valence-corrected chi connectivity index (χ4v) is 2.29. The summed E-state index contributed by atoms with van der Waals surface area (Å²) in [6.07, 6.45) is 0.0653. The summed E-state index contributed by atoms with van der Waals surface area (Å²) in [5.74, 6) is -0.370. The number of carbonyl (C=O) groups is 1. The summed E-state index contributed by atoms with van der Waals surface area (Å²) in [4.78, 5) is 11.3. The summed E-state index contributed by atoms with van der Waals surface area (Å²) in [5.41, 5.74) is 0.386. The maximum absolute atomic E-state index is 11.3. The Balaban J connectivity index is 4.28. The fourth-order valence-electron chi connectivity index (χ4n) is 1.19. The molecule has 0 aliphatic rings. The Labute approximate surface area is 118 Å². The van der Waals surface area contributed by atoms with Gasteiger partial charge in [0.1, 0.15) is 0 Å². The Morgan fingerprint density at radius 2 is 1.84 bits per heavy atom. The van der Waals surface area contributed by atoms with Crippen molar-refractivity contribution in [2.24, 2.45) is 5.92 Å². The maximum atomic E-state index is 11.3. The van der Waals surface area contributed by atoms with E-state index in [1.807, 2.05) is 6.92 Å². The Morgan fingerprint density at radius 3 is 2.26 bits per heavy atom. The van der Waals surface area contributed by atoms with Crippen LogP contribution in [0.2, 0.25) is 18.1 Å². The monoisotopic (exact) mass is 287 g/mol. The smallest absolute Gasteiger partial charge is 0.311 e. The number of carbonyl (C=O) groups excluding carboxylic acids is 1. The average molecular weight is 287 g/mol. The highest BCUT2D eigenvalue weighted by Gasteiger charge is 2.37. The molecule has 0 radical (unpaired) electrons. The van der Waals surface area contributed by atoms with Gasteiger partial charge in [-0.25, -0.2) is 0 Å². The van der Waals surface area contributed by atoms with E-state index in [9.17, 15) is 4.79 Å². The minimum Gasteiger partial charge on any atom is -0.466 e. The van der Waals surface area contributed by atoms with Gasteiger partial charge in [0.2, 0.25) is 0 Å². The number of esters is 1. The van der Waals surface area contributed by atoms with Gasteiger partial charge in [0.25, 0.3) is 0 Å². The molecule has 0 unspecified atom stereocenters. The Morgan fingerprint density at radius 1 is 1.32 bits per heavy atom. The van der Waals surface area contributed by atoms with Crippen LogP contribution < -0.4 is 0 Å². The first-order chi connectivity index (χ1) is 8.51. The Hall–Kier alpha value is -0.683. The van der Waals surface area contributed by atoms with Crippen molar-refractivity contribution >= 4 is 20.0 Å². The van der Waals surface area contributed by atoms with Crippen molar-refractivity contribution < 1.29 is 14.0 Å². The van der Waals surface area contributed by atoms with E-state index in [0.29, 0.717) is 18.9 Å². The van der Waals surface area contributed by atoms with Gasteiger partial charge in [-0.1, -0.05) is 27.7 Å². The predicted molar refractivity (Wildman–Crippen MR) is 81.3 cm³/mol. The summed E-state index contributed by atoms with van der Waals surface area (Å²) < 4.78 is 10.9. The number of hydrogen-bond donors (Lipinski definition) is 1. The van der Waals surface area contributed by atoms with Crippen molar-refractivity contribution in [1.29, 1.82) is 5.41 Å². The van der Waals surface area contributed by atoms with E-state index in [1.165, 1.54) is 0 Å². The van der Waals surface area contributed by atoms with Crippen LogP contribution in [0, 0.1) is 11.3 Å². The van der Waals surface area contributed by atoms with Gasteiger partial charge in [-0.15, -0.1) is 0 Å². The van der Waals surface area contributed by atoms with Crippen molar-refractivity contribution in [2.45, 2.75) is 59.2 Å². The van der Waals surface area contributed by atoms with Gasteiger partial charge in [-0.3, -0.25) is 4.79 Å². The number of rotatable bonds is 7. The Bertz CT molecular complexity index is 321. The standard InChI is InChI=1S/C14H29NO3Si/c1-8-17-13(16)9-12(15)11(2)10-18-19(6,7)14(3,4)5/h11,15H,8-10H2,1-7H3/t11-/m1/s1. The van der Waals surface area contributed by atoms with Gasteiger partial charge in [-0.2, -0.15) is 0 Å². The minimum absolute atomic E-state index is 0.0430. The van der Waals surface area contributed by atoms with Crippen molar-refractivity contribution in [3.63, 3.8) is 0 Å². The first-order valence-corrected chi connectivity index (χ1v) is 9.79. The van der Waals surface area contributed by atoms with Crippen LogP contribution in [0.4, 0.5) is 0 Å². The van der Waals surface area contributed by atoms with Crippen LogP contribution in [-0.2, 0) is 14.0 Å². The van der Waals surface area contributed by atoms with Crippen molar-refractivity contribution in [1.82, 2.24) is 0 Å². The zero-order valence-electron chi connectivity index (χ0n) is 13.4. The van der Waals surface area contributed by atoms with E-state index in [2.05, 4.69) is 33.9 Å². The van der Waals surface area contributed by atoms with Crippen LogP contribution in [0.15, 0.2) is 0 Å². The molecule has 0 rings (SSSR count). The second-order valence-corrected chi connectivity index (χ2v) is 11.3. The molecule has 0 aliphatic heterocycles. The second-order valence-electron chi connectivity index (χ2n) is 6.48. The lowest BCUT2D eigenvalue weighted by molar-refractivity contribution is -0.141. The van der Waals surface area contributed by atoms with Gasteiger partial charge >= 0.3 is 5.97 Å². The molecule has 0 bridgehead atoms. The van der Waals surface area contributed by atoms with Gasteiger partial charge < -0.3 is 14.6 Å². The first kappa shape index (κ1) is 18.3. The molecule has 0 aromatic rings. The van der Waals surface area contributed by atoms with E-state index in [0.717, 1.165) is 0 Å². The van der Waals surface area contributed by atoms with Crippen LogP contribution in [0.3, 0.4) is 0 Å². The fraction of sp³-hybridized carbons (Fsp3) is 0.857. The van der Waals surface area contributed by atoms with Crippen molar-refractivity contribution in [3.8, 4) is 0 Å². The third-order valence-electron chi connectivity index (χ3n) is 3.74. The molecule has 0 saturated heterocycles. The molecule has 0 spiro atoms. The molecule has 19 heavy (non-hydrogen) atoms. The van der Waals surface area contributed by atoms with E-state index in [-0.39, 0.29) is 23.3 Å². The number of hydrogen-bond acceptors (Lipinski definition) is 4. The van der Waals surface area contributed by atoms with E-state index in [4.69, 9.17) is 14.6 Å². The molecule has 0 heterocycles. The van der Waals surface area contributed by atoms with Crippen molar-refractivity contribution in [2.75, 3.05) is 13.2 Å². The molecule has 4 nitrogen and oxygen atoms in total. The number of nitrogens with one attached hydrogen (secondary N) is 1. The molecular formula is C14H29NO3Si. The first-order valence-electron chi connectivity index (χ1n) is 6.88. The van der Waals surface area contributed by atoms with E-state index < -0.39 is 8.32 Å². The SMILES string of the molecule is CCOC(=O)CC(=N)[C@H](C)CO[Si](C)(C)C(C)(C)C. The highest BCUT2D eigenvalue weighted by atomic mass is 28.4. The van der Waals surface area contributed by atoms with E-state index in [1.54, 1.807) is 6.92 Å². The average Bonchev–Trinajstić information content (AvgIpc) is 2.24. The molecule has 112 valence electrons. The topological polar surface area (TPSA) is 59.4 Å². The zero-order valence-corrected chi connectivity index (χ0v) is 14.4.